The van der Waals surface area contributed by atoms with Crippen molar-refractivity contribution in [2.24, 2.45) is 5.92 Å². The molecule has 3 N–H and O–H groups in total. The van der Waals surface area contributed by atoms with E-state index in [-0.39, 0.29) is 17.8 Å². The number of aromatic hydroxyl groups is 1. The second-order valence-corrected chi connectivity index (χ2v) is 7.44. The fourth-order valence-corrected chi connectivity index (χ4v) is 4.99. The van der Waals surface area contributed by atoms with Crippen molar-refractivity contribution in [2.75, 3.05) is 5.32 Å². The topological polar surface area (TPSA) is 61.4 Å². The summed E-state index contributed by atoms with van der Waals surface area (Å²) < 4.78 is 0. The number of hydrogen-bond donors (Lipinski definition) is 3. The predicted molar refractivity (Wildman–Crippen MR) is 92.1 cm³/mol. The first kappa shape index (κ1) is 14.6. The molecular formula is C18H20N2O2S. The lowest BCUT2D eigenvalue weighted by molar-refractivity contribution is 0.0935. The Balaban J connectivity index is 1.69. The molecule has 1 aromatic carbocycles. The van der Waals surface area contributed by atoms with Crippen LogP contribution in [-0.2, 0) is 12.8 Å². The number of fused-ring (bicyclic) bond motifs is 3. The zero-order valence-corrected chi connectivity index (χ0v) is 13.9. The highest BCUT2D eigenvalue weighted by atomic mass is 32.1. The minimum absolute atomic E-state index is 0.0283. The smallest absolute Gasteiger partial charge is 0.256 e. The SMILES string of the molecule is CCC1CCc2c(sc3c2C(=O)NC(c2ccccc2O)N3)C1. The molecule has 2 heterocycles. The summed E-state index contributed by atoms with van der Waals surface area (Å²) in [7, 11) is 0. The molecule has 0 radical (unpaired) electrons. The summed E-state index contributed by atoms with van der Waals surface area (Å²) in [5, 5.41) is 17.4. The molecule has 4 nitrogen and oxygen atoms in total. The van der Waals surface area contributed by atoms with Gasteiger partial charge in [0.15, 0.2) is 0 Å². The molecule has 0 saturated heterocycles. The molecule has 0 saturated carbocycles. The molecule has 23 heavy (non-hydrogen) atoms. The Hall–Kier alpha value is -2.01. The maximum atomic E-state index is 12.6. The van der Waals surface area contributed by atoms with Crippen LogP contribution in [0, 0.1) is 5.92 Å². The average Bonchev–Trinajstić information content (AvgIpc) is 2.92. The highest BCUT2D eigenvalue weighted by Crippen LogP contribution is 2.43. The van der Waals surface area contributed by atoms with Crippen LogP contribution >= 0.6 is 11.3 Å². The van der Waals surface area contributed by atoms with Crippen molar-refractivity contribution in [1.29, 1.82) is 0 Å². The van der Waals surface area contributed by atoms with Crippen LogP contribution in [-0.4, -0.2) is 11.0 Å². The van der Waals surface area contributed by atoms with Gasteiger partial charge in [-0.3, -0.25) is 4.79 Å². The molecule has 2 aromatic rings. The van der Waals surface area contributed by atoms with Crippen LogP contribution in [0.25, 0.3) is 0 Å². The first-order valence-corrected chi connectivity index (χ1v) is 8.98. The maximum Gasteiger partial charge on any atom is 0.256 e. The molecule has 5 heteroatoms. The number of carbonyl (C=O) groups is 1. The molecule has 0 fully saturated rings. The van der Waals surface area contributed by atoms with Crippen LogP contribution in [0.5, 0.6) is 5.75 Å². The summed E-state index contributed by atoms with van der Waals surface area (Å²) in [5.74, 6) is 0.903. The number of anilines is 1. The lowest BCUT2D eigenvalue weighted by Crippen LogP contribution is -2.38. The number of amides is 1. The van der Waals surface area contributed by atoms with Gasteiger partial charge in [0.25, 0.3) is 5.91 Å². The molecule has 2 aliphatic rings. The van der Waals surface area contributed by atoms with E-state index >= 15 is 0 Å². The number of benzene rings is 1. The van der Waals surface area contributed by atoms with Gasteiger partial charge < -0.3 is 15.7 Å². The second-order valence-electron chi connectivity index (χ2n) is 6.33. The van der Waals surface area contributed by atoms with E-state index in [1.54, 1.807) is 23.5 Å². The van der Waals surface area contributed by atoms with E-state index in [1.807, 2.05) is 12.1 Å². The van der Waals surface area contributed by atoms with Gasteiger partial charge in [0, 0.05) is 10.4 Å². The van der Waals surface area contributed by atoms with Gasteiger partial charge in [0.1, 0.15) is 16.9 Å². The molecule has 120 valence electrons. The van der Waals surface area contributed by atoms with Crippen molar-refractivity contribution in [3.05, 3.63) is 45.8 Å². The van der Waals surface area contributed by atoms with Crippen molar-refractivity contribution in [3.63, 3.8) is 0 Å². The summed E-state index contributed by atoms with van der Waals surface area (Å²) in [4.78, 5) is 14.0. The molecule has 2 unspecified atom stereocenters. The van der Waals surface area contributed by atoms with Crippen LogP contribution in [0.4, 0.5) is 5.00 Å². The van der Waals surface area contributed by atoms with Crippen molar-refractivity contribution in [2.45, 2.75) is 38.8 Å². The third-order valence-corrected chi connectivity index (χ3v) is 6.16. The van der Waals surface area contributed by atoms with Gasteiger partial charge in [-0.15, -0.1) is 11.3 Å². The van der Waals surface area contributed by atoms with Gasteiger partial charge in [-0.1, -0.05) is 31.5 Å². The first-order valence-electron chi connectivity index (χ1n) is 8.17. The maximum absolute atomic E-state index is 12.6. The molecule has 1 aliphatic carbocycles. The third-order valence-electron chi connectivity index (χ3n) is 4.97. The normalized spacial score (nSPS) is 22.7. The van der Waals surface area contributed by atoms with Gasteiger partial charge in [0.05, 0.1) is 5.56 Å². The number of thiophene rings is 1. The van der Waals surface area contributed by atoms with E-state index in [0.29, 0.717) is 5.56 Å². The number of phenolic OH excluding ortho intramolecular Hbond substituents is 1. The summed E-state index contributed by atoms with van der Waals surface area (Å²) in [6.45, 7) is 2.24. The minimum atomic E-state index is -0.377. The number of para-hydroxylation sites is 1. The Labute approximate surface area is 139 Å². The van der Waals surface area contributed by atoms with Crippen LogP contribution < -0.4 is 10.6 Å². The number of phenols is 1. The second kappa shape index (κ2) is 5.57. The summed E-state index contributed by atoms with van der Waals surface area (Å²) in [5.41, 5.74) is 2.76. The van der Waals surface area contributed by atoms with Crippen LogP contribution in [0.2, 0.25) is 0 Å². The number of rotatable bonds is 2. The van der Waals surface area contributed by atoms with Crippen LogP contribution in [0.15, 0.2) is 24.3 Å². The number of hydrogen-bond acceptors (Lipinski definition) is 4. The Morgan fingerprint density at radius 1 is 1.30 bits per heavy atom. The monoisotopic (exact) mass is 328 g/mol. The van der Waals surface area contributed by atoms with Crippen LogP contribution in [0.3, 0.4) is 0 Å². The molecule has 0 spiro atoms. The quantitative estimate of drug-likeness (QED) is 0.785. The molecule has 2 atom stereocenters. The van der Waals surface area contributed by atoms with E-state index in [1.165, 1.54) is 23.3 Å². The van der Waals surface area contributed by atoms with E-state index in [9.17, 15) is 9.90 Å². The first-order chi connectivity index (χ1) is 11.2. The largest absolute Gasteiger partial charge is 0.508 e. The number of carbonyl (C=O) groups excluding carboxylic acids is 1. The fraction of sp³-hybridized carbons (Fsp3) is 0.389. The lowest BCUT2D eigenvalue weighted by atomic mass is 9.85. The van der Waals surface area contributed by atoms with Crippen molar-refractivity contribution in [1.82, 2.24) is 5.32 Å². The minimum Gasteiger partial charge on any atom is -0.508 e. The lowest BCUT2D eigenvalue weighted by Gasteiger charge is -2.27. The van der Waals surface area contributed by atoms with Gasteiger partial charge >= 0.3 is 0 Å². The zero-order valence-electron chi connectivity index (χ0n) is 13.1. The highest BCUT2D eigenvalue weighted by Gasteiger charge is 2.34. The van der Waals surface area contributed by atoms with Crippen molar-refractivity contribution >= 4 is 22.2 Å². The van der Waals surface area contributed by atoms with Crippen molar-refractivity contribution < 1.29 is 9.90 Å². The van der Waals surface area contributed by atoms with E-state index in [2.05, 4.69) is 17.6 Å². The van der Waals surface area contributed by atoms with Gasteiger partial charge in [-0.05, 0) is 36.8 Å². The van der Waals surface area contributed by atoms with Crippen molar-refractivity contribution in [3.8, 4) is 5.75 Å². The molecule has 0 bridgehead atoms. The zero-order chi connectivity index (χ0) is 16.0. The Morgan fingerprint density at radius 2 is 2.13 bits per heavy atom. The Kier molecular flexibility index (Phi) is 3.53. The molecule has 1 aliphatic heterocycles. The third kappa shape index (κ3) is 2.39. The highest BCUT2D eigenvalue weighted by molar-refractivity contribution is 7.16. The molecule has 1 aromatic heterocycles. The summed E-state index contributed by atoms with van der Waals surface area (Å²) in [6, 6.07) is 7.12. The van der Waals surface area contributed by atoms with Crippen LogP contribution in [0.1, 0.15) is 52.3 Å². The Bertz CT molecular complexity index is 768. The Morgan fingerprint density at radius 3 is 2.91 bits per heavy atom. The van der Waals surface area contributed by atoms with Gasteiger partial charge in [0.2, 0.25) is 0 Å². The predicted octanol–water partition coefficient (Wildman–Crippen LogP) is 3.82. The fourth-order valence-electron chi connectivity index (χ4n) is 3.60. The molecule has 1 amide bonds. The van der Waals surface area contributed by atoms with Gasteiger partial charge in [-0.2, -0.15) is 0 Å². The van der Waals surface area contributed by atoms with Gasteiger partial charge in [-0.25, -0.2) is 0 Å². The summed E-state index contributed by atoms with van der Waals surface area (Å²) >= 11 is 1.71. The standard InChI is InChI=1S/C18H20N2O2S/c1-2-10-7-8-12-14(9-10)23-18-15(12)17(22)19-16(20-18)11-5-3-4-6-13(11)21/h3-6,10,16,20-21H,2,7-9H2,1H3,(H,19,22). The van der Waals surface area contributed by atoms with E-state index in [0.717, 1.165) is 29.3 Å². The van der Waals surface area contributed by atoms with E-state index < -0.39 is 0 Å². The average molecular weight is 328 g/mol. The molecule has 4 rings (SSSR count). The number of nitrogens with one attached hydrogen (secondary N) is 2. The molecular weight excluding hydrogens is 308 g/mol. The summed E-state index contributed by atoms with van der Waals surface area (Å²) in [6.07, 6.45) is 4.07. The van der Waals surface area contributed by atoms with E-state index in [4.69, 9.17) is 0 Å².